The van der Waals surface area contributed by atoms with Crippen LogP contribution in [0, 0.1) is 0 Å². The minimum Gasteiger partial charge on any atom is -0.476 e. The maximum Gasteiger partial charge on any atom is 0.573 e. The number of carboxylic acid groups (broad SMARTS) is 1. The Bertz CT molecular complexity index is 1290. The van der Waals surface area contributed by atoms with Crippen LogP contribution in [-0.2, 0) is 13.6 Å². The highest BCUT2D eigenvalue weighted by molar-refractivity contribution is 6.02. The third kappa shape index (κ3) is 4.61. The molecule has 2 aromatic carbocycles. The Kier molecular flexibility index (Phi) is 5.39. The quantitative estimate of drug-likeness (QED) is 0.460. The number of aryl methyl sites for hydroxylation is 1. The number of nitrogens with one attached hydrogen (secondary N) is 1. The van der Waals surface area contributed by atoms with Gasteiger partial charge < -0.3 is 15.2 Å². The van der Waals surface area contributed by atoms with Crippen molar-refractivity contribution in [3.05, 3.63) is 66.1 Å². The van der Waals surface area contributed by atoms with Crippen molar-refractivity contribution in [3.8, 4) is 16.9 Å². The van der Waals surface area contributed by atoms with Crippen molar-refractivity contribution in [1.82, 2.24) is 19.7 Å². The number of anilines is 1. The topological polar surface area (TPSA) is 102 Å². The third-order valence-corrected chi connectivity index (χ3v) is 4.62. The number of halogens is 3. The number of benzene rings is 2. The Balaban J connectivity index is 1.49. The Morgan fingerprint density at radius 3 is 2.56 bits per heavy atom. The first-order chi connectivity index (χ1) is 15.2. The lowest BCUT2D eigenvalue weighted by atomic mass is 10.1. The van der Waals surface area contributed by atoms with Crippen LogP contribution in [0.2, 0.25) is 0 Å². The molecule has 0 amide bonds. The molecule has 0 saturated carbocycles. The van der Waals surface area contributed by atoms with Crippen molar-refractivity contribution in [2.24, 2.45) is 7.05 Å². The molecule has 8 nitrogen and oxygen atoms in total. The van der Waals surface area contributed by atoms with E-state index in [2.05, 4.69) is 25.1 Å². The number of rotatable bonds is 6. The summed E-state index contributed by atoms with van der Waals surface area (Å²) in [5.74, 6) is -1.14. The molecule has 0 radical (unpaired) electrons. The molecule has 4 rings (SSSR count). The molecule has 2 N–H and O–H groups in total. The van der Waals surface area contributed by atoms with Gasteiger partial charge in [-0.1, -0.05) is 18.2 Å². The van der Waals surface area contributed by atoms with Crippen LogP contribution in [0.3, 0.4) is 0 Å². The standard InChI is InChI=1S/C21H16F3N5O3/c1-29-17-6-5-13(8-16(17)18(28-29)19(30)31)14-10-26-20(27-11-14)25-9-12-3-2-4-15(7-12)32-21(22,23)24/h2-8,10-11H,9H2,1H3,(H,30,31)(H,25,26,27). The van der Waals surface area contributed by atoms with Gasteiger partial charge >= 0.3 is 12.3 Å². The first-order valence-corrected chi connectivity index (χ1v) is 9.30. The van der Waals surface area contributed by atoms with Crippen molar-refractivity contribution in [1.29, 1.82) is 0 Å². The number of carboxylic acids is 1. The summed E-state index contributed by atoms with van der Waals surface area (Å²) in [6, 6.07) is 10.9. The first-order valence-electron chi connectivity index (χ1n) is 9.30. The summed E-state index contributed by atoms with van der Waals surface area (Å²) in [5.41, 5.74) is 2.58. The largest absolute Gasteiger partial charge is 0.573 e. The molecule has 0 spiro atoms. The van der Waals surface area contributed by atoms with Crippen LogP contribution < -0.4 is 10.1 Å². The molecule has 0 aliphatic carbocycles. The summed E-state index contributed by atoms with van der Waals surface area (Å²) in [6.45, 7) is 0.192. The Hall–Kier alpha value is -4.15. The summed E-state index contributed by atoms with van der Waals surface area (Å²) in [5, 5.41) is 16.8. The van der Waals surface area contributed by atoms with Crippen LogP contribution in [0.25, 0.3) is 22.0 Å². The number of hydrogen-bond acceptors (Lipinski definition) is 6. The van der Waals surface area contributed by atoms with Crippen molar-refractivity contribution in [3.63, 3.8) is 0 Å². The van der Waals surface area contributed by atoms with E-state index >= 15 is 0 Å². The minimum absolute atomic E-state index is 0.0414. The van der Waals surface area contributed by atoms with E-state index < -0.39 is 12.3 Å². The fourth-order valence-corrected chi connectivity index (χ4v) is 3.21. The number of aromatic carboxylic acids is 1. The second-order valence-corrected chi connectivity index (χ2v) is 6.85. The second-order valence-electron chi connectivity index (χ2n) is 6.85. The lowest BCUT2D eigenvalue weighted by Gasteiger charge is -2.10. The molecule has 0 fully saturated rings. The predicted octanol–water partition coefficient (Wildman–Crippen LogP) is 4.24. The number of aromatic nitrogens is 4. The molecule has 0 saturated heterocycles. The van der Waals surface area contributed by atoms with Crippen LogP contribution in [0.5, 0.6) is 5.75 Å². The Morgan fingerprint density at radius 1 is 1.12 bits per heavy atom. The molecule has 0 unspecified atom stereocenters. The fourth-order valence-electron chi connectivity index (χ4n) is 3.21. The van der Waals surface area contributed by atoms with Crippen molar-refractivity contribution >= 4 is 22.8 Å². The lowest BCUT2D eigenvalue weighted by molar-refractivity contribution is -0.274. The van der Waals surface area contributed by atoms with Crippen LogP contribution in [0.1, 0.15) is 16.1 Å². The van der Waals surface area contributed by atoms with Crippen molar-refractivity contribution in [2.45, 2.75) is 12.9 Å². The minimum atomic E-state index is -4.75. The zero-order valence-electron chi connectivity index (χ0n) is 16.6. The molecule has 2 aromatic heterocycles. The molecule has 4 aromatic rings. The molecule has 32 heavy (non-hydrogen) atoms. The highest BCUT2D eigenvalue weighted by Crippen LogP contribution is 2.26. The van der Waals surface area contributed by atoms with Gasteiger partial charge in [-0.05, 0) is 35.4 Å². The van der Waals surface area contributed by atoms with E-state index in [1.807, 2.05) is 6.07 Å². The monoisotopic (exact) mass is 443 g/mol. The van der Waals surface area contributed by atoms with Crippen molar-refractivity contribution in [2.75, 3.05) is 5.32 Å². The van der Waals surface area contributed by atoms with E-state index in [1.54, 1.807) is 37.6 Å². The average Bonchev–Trinajstić information content (AvgIpc) is 3.08. The van der Waals surface area contributed by atoms with Crippen LogP contribution >= 0.6 is 0 Å². The van der Waals surface area contributed by atoms with Gasteiger partial charge in [0.05, 0.1) is 5.52 Å². The van der Waals surface area contributed by atoms with Gasteiger partial charge in [0, 0.05) is 36.9 Å². The second kappa shape index (κ2) is 8.17. The van der Waals surface area contributed by atoms with E-state index in [4.69, 9.17) is 0 Å². The molecule has 0 aliphatic rings. The van der Waals surface area contributed by atoms with Gasteiger partial charge in [0.1, 0.15) is 5.75 Å². The molecule has 2 heterocycles. The number of ether oxygens (including phenoxy) is 1. The Labute approximate surface area is 179 Å². The van der Waals surface area contributed by atoms with Gasteiger partial charge in [-0.3, -0.25) is 4.68 Å². The summed E-state index contributed by atoms with van der Waals surface area (Å²) < 4.78 is 42.5. The highest BCUT2D eigenvalue weighted by Gasteiger charge is 2.31. The zero-order chi connectivity index (χ0) is 22.9. The number of alkyl halides is 3. The van der Waals surface area contributed by atoms with Crippen molar-refractivity contribution < 1.29 is 27.8 Å². The van der Waals surface area contributed by atoms with E-state index in [0.29, 0.717) is 22.0 Å². The maximum absolute atomic E-state index is 12.4. The highest BCUT2D eigenvalue weighted by atomic mass is 19.4. The predicted molar refractivity (Wildman–Crippen MR) is 109 cm³/mol. The van der Waals surface area contributed by atoms with Gasteiger partial charge in [0.15, 0.2) is 5.69 Å². The molecular formula is C21H16F3N5O3. The summed E-state index contributed by atoms with van der Waals surface area (Å²) in [7, 11) is 1.67. The SMILES string of the molecule is Cn1nc(C(=O)O)c2cc(-c3cnc(NCc4cccc(OC(F)(F)F)c4)nc3)ccc21. The van der Waals surface area contributed by atoms with E-state index in [9.17, 15) is 23.1 Å². The fraction of sp³-hybridized carbons (Fsp3) is 0.143. The van der Waals surface area contributed by atoms with E-state index in [0.717, 1.165) is 5.56 Å². The first kappa shape index (κ1) is 21.1. The lowest BCUT2D eigenvalue weighted by Crippen LogP contribution is -2.17. The number of nitrogens with zero attached hydrogens (tertiary/aromatic N) is 4. The van der Waals surface area contributed by atoms with Crippen LogP contribution in [-0.4, -0.2) is 37.2 Å². The molecule has 164 valence electrons. The summed E-state index contributed by atoms with van der Waals surface area (Å²) in [4.78, 5) is 19.9. The number of carbonyl (C=O) groups is 1. The molecule has 0 aliphatic heterocycles. The van der Waals surface area contributed by atoms with Crippen LogP contribution in [0.15, 0.2) is 54.9 Å². The molecular weight excluding hydrogens is 427 g/mol. The van der Waals surface area contributed by atoms with Gasteiger partial charge in [-0.25, -0.2) is 14.8 Å². The number of hydrogen-bond donors (Lipinski definition) is 2. The van der Waals surface area contributed by atoms with E-state index in [1.165, 1.54) is 22.9 Å². The summed E-state index contributed by atoms with van der Waals surface area (Å²) >= 11 is 0. The average molecular weight is 443 g/mol. The van der Waals surface area contributed by atoms with Gasteiger partial charge in [-0.2, -0.15) is 5.10 Å². The van der Waals surface area contributed by atoms with E-state index in [-0.39, 0.29) is 23.9 Å². The zero-order valence-corrected chi connectivity index (χ0v) is 16.6. The normalized spacial score (nSPS) is 11.5. The maximum atomic E-state index is 12.4. The summed E-state index contributed by atoms with van der Waals surface area (Å²) in [6.07, 6.45) is -1.62. The van der Waals surface area contributed by atoms with Crippen LogP contribution in [0.4, 0.5) is 19.1 Å². The molecule has 0 atom stereocenters. The molecule has 0 bridgehead atoms. The molecule has 11 heteroatoms. The van der Waals surface area contributed by atoms with Gasteiger partial charge in [-0.15, -0.1) is 13.2 Å². The van der Waals surface area contributed by atoms with Gasteiger partial charge in [0.2, 0.25) is 5.95 Å². The number of fused-ring (bicyclic) bond motifs is 1. The van der Waals surface area contributed by atoms with Gasteiger partial charge in [0.25, 0.3) is 0 Å². The third-order valence-electron chi connectivity index (χ3n) is 4.62. The smallest absolute Gasteiger partial charge is 0.476 e. The Morgan fingerprint density at radius 2 is 1.88 bits per heavy atom.